The second kappa shape index (κ2) is 4.53. The lowest BCUT2D eigenvalue weighted by atomic mass is 10.1. The third-order valence-corrected chi connectivity index (χ3v) is 2.46. The highest BCUT2D eigenvalue weighted by Crippen LogP contribution is 2.17. The summed E-state index contributed by atoms with van der Waals surface area (Å²) < 4.78 is 24.3. The predicted molar refractivity (Wildman–Crippen MR) is 45.8 cm³/mol. The summed E-state index contributed by atoms with van der Waals surface area (Å²) in [6.07, 6.45) is 0.941. The molecule has 1 heterocycles. The molecule has 0 aromatic heterocycles. The molecule has 1 unspecified atom stereocenters. The van der Waals surface area contributed by atoms with Gasteiger partial charge in [0.1, 0.15) is 13.3 Å². The molecule has 1 amide bonds. The van der Waals surface area contributed by atoms with E-state index in [1.165, 1.54) is 0 Å². The molecular formula is C9H15F2NO. The van der Waals surface area contributed by atoms with Gasteiger partial charge in [-0.3, -0.25) is 13.6 Å². The molecule has 2 nitrogen and oxygen atoms in total. The molecule has 1 aliphatic rings. The van der Waals surface area contributed by atoms with E-state index in [0.717, 1.165) is 6.42 Å². The lowest BCUT2D eigenvalue weighted by Crippen LogP contribution is -2.36. The second-order valence-corrected chi connectivity index (χ2v) is 3.68. The number of rotatable bonds is 3. The topological polar surface area (TPSA) is 20.3 Å². The molecule has 0 spiro atoms. The first-order valence-electron chi connectivity index (χ1n) is 4.59. The van der Waals surface area contributed by atoms with Crippen molar-refractivity contribution in [2.75, 3.05) is 26.4 Å². The Morgan fingerprint density at radius 2 is 2.15 bits per heavy atom. The number of carbonyl (C=O) groups excluding carboxylic acids is 1. The van der Waals surface area contributed by atoms with Crippen molar-refractivity contribution in [1.29, 1.82) is 0 Å². The van der Waals surface area contributed by atoms with Crippen LogP contribution in [0.2, 0.25) is 0 Å². The van der Waals surface area contributed by atoms with Crippen LogP contribution < -0.4 is 0 Å². The zero-order chi connectivity index (χ0) is 9.84. The third-order valence-electron chi connectivity index (χ3n) is 2.46. The maximum atomic E-state index is 12.2. The average Bonchev–Trinajstić information content (AvgIpc) is 2.54. The summed E-state index contributed by atoms with van der Waals surface area (Å²) in [4.78, 5) is 13.0. The van der Waals surface area contributed by atoms with Gasteiger partial charge >= 0.3 is 0 Å². The highest BCUT2D eigenvalue weighted by molar-refractivity contribution is 5.79. The summed E-state index contributed by atoms with van der Waals surface area (Å²) in [5.74, 6) is -0.969. The number of alkyl halides is 2. The molecule has 0 N–H and O–H groups in total. The quantitative estimate of drug-likeness (QED) is 0.660. The molecule has 0 radical (unpaired) electrons. The first kappa shape index (κ1) is 10.4. The maximum absolute atomic E-state index is 12.2. The fourth-order valence-electron chi connectivity index (χ4n) is 1.57. The van der Waals surface area contributed by atoms with E-state index in [1.54, 1.807) is 4.90 Å². The Morgan fingerprint density at radius 1 is 1.54 bits per heavy atom. The number of halogens is 2. The monoisotopic (exact) mass is 191 g/mol. The summed E-state index contributed by atoms with van der Waals surface area (Å²) in [5.41, 5.74) is 0. The van der Waals surface area contributed by atoms with Crippen molar-refractivity contribution in [3.63, 3.8) is 0 Å². The van der Waals surface area contributed by atoms with Gasteiger partial charge in [-0.25, -0.2) is 0 Å². The SMILES string of the molecule is CC1CCN(C(=O)C(CF)CF)C1. The molecule has 1 aliphatic heterocycles. The maximum Gasteiger partial charge on any atom is 0.230 e. The number of likely N-dealkylation sites (tertiary alicyclic amines) is 1. The Bertz CT molecular complexity index is 182. The van der Waals surface area contributed by atoms with Crippen molar-refractivity contribution < 1.29 is 13.6 Å². The van der Waals surface area contributed by atoms with Crippen LogP contribution in [0.3, 0.4) is 0 Å². The lowest BCUT2D eigenvalue weighted by molar-refractivity contribution is -0.135. The molecule has 76 valence electrons. The summed E-state index contributed by atoms with van der Waals surface area (Å²) >= 11 is 0. The van der Waals surface area contributed by atoms with Crippen LogP contribution in [-0.2, 0) is 4.79 Å². The highest BCUT2D eigenvalue weighted by atomic mass is 19.1. The molecule has 0 aromatic carbocycles. The van der Waals surface area contributed by atoms with Gasteiger partial charge in [0.15, 0.2) is 0 Å². The molecular weight excluding hydrogens is 176 g/mol. The van der Waals surface area contributed by atoms with Crippen LogP contribution >= 0.6 is 0 Å². The average molecular weight is 191 g/mol. The van der Waals surface area contributed by atoms with Gasteiger partial charge in [0.05, 0.1) is 5.92 Å². The Kier molecular flexibility index (Phi) is 3.63. The van der Waals surface area contributed by atoms with Crippen molar-refractivity contribution in [1.82, 2.24) is 4.90 Å². The second-order valence-electron chi connectivity index (χ2n) is 3.68. The first-order chi connectivity index (χ1) is 6.19. The standard InChI is InChI=1S/C9H15F2NO/c1-7-2-3-12(6-7)9(13)8(4-10)5-11/h7-8H,2-6H2,1H3. The molecule has 1 rings (SSSR count). The van der Waals surface area contributed by atoms with E-state index < -0.39 is 19.3 Å². The fraction of sp³-hybridized carbons (Fsp3) is 0.889. The third kappa shape index (κ3) is 2.39. The van der Waals surface area contributed by atoms with Gasteiger partial charge in [-0.2, -0.15) is 0 Å². The minimum atomic E-state index is -1.06. The lowest BCUT2D eigenvalue weighted by Gasteiger charge is -2.19. The molecule has 0 saturated carbocycles. The summed E-state index contributed by atoms with van der Waals surface area (Å²) in [5, 5.41) is 0. The summed E-state index contributed by atoms with van der Waals surface area (Å²) in [6.45, 7) is 1.56. The Balaban J connectivity index is 2.47. The van der Waals surface area contributed by atoms with Crippen LogP contribution in [0.15, 0.2) is 0 Å². The van der Waals surface area contributed by atoms with E-state index in [1.807, 2.05) is 6.92 Å². The van der Waals surface area contributed by atoms with Gasteiger partial charge in [-0.15, -0.1) is 0 Å². The van der Waals surface area contributed by atoms with E-state index in [2.05, 4.69) is 0 Å². The van der Waals surface area contributed by atoms with E-state index in [-0.39, 0.29) is 5.91 Å². The van der Waals surface area contributed by atoms with Crippen molar-refractivity contribution in [2.24, 2.45) is 11.8 Å². The molecule has 13 heavy (non-hydrogen) atoms. The van der Waals surface area contributed by atoms with Crippen LogP contribution in [0, 0.1) is 11.8 Å². The van der Waals surface area contributed by atoms with E-state index in [9.17, 15) is 13.6 Å². The largest absolute Gasteiger partial charge is 0.342 e. The van der Waals surface area contributed by atoms with Crippen LogP contribution in [0.5, 0.6) is 0 Å². The Morgan fingerprint density at radius 3 is 2.54 bits per heavy atom. The van der Waals surface area contributed by atoms with Gasteiger partial charge in [0.25, 0.3) is 0 Å². The zero-order valence-corrected chi connectivity index (χ0v) is 7.80. The van der Waals surface area contributed by atoms with Gasteiger partial charge in [0.2, 0.25) is 5.91 Å². The highest BCUT2D eigenvalue weighted by Gasteiger charge is 2.28. The summed E-state index contributed by atoms with van der Waals surface area (Å²) in [7, 11) is 0. The number of carbonyl (C=O) groups is 1. The van der Waals surface area contributed by atoms with Gasteiger partial charge in [-0.1, -0.05) is 6.92 Å². The van der Waals surface area contributed by atoms with E-state index in [0.29, 0.717) is 19.0 Å². The van der Waals surface area contributed by atoms with Crippen molar-refractivity contribution >= 4 is 5.91 Å². The molecule has 1 saturated heterocycles. The normalized spacial score (nSPS) is 22.8. The molecule has 1 atom stereocenters. The number of amides is 1. The van der Waals surface area contributed by atoms with Gasteiger partial charge in [0, 0.05) is 13.1 Å². The van der Waals surface area contributed by atoms with Crippen molar-refractivity contribution in [2.45, 2.75) is 13.3 Å². The van der Waals surface area contributed by atoms with E-state index in [4.69, 9.17) is 0 Å². The molecule has 0 bridgehead atoms. The van der Waals surface area contributed by atoms with Crippen molar-refractivity contribution in [3.8, 4) is 0 Å². The fourth-order valence-corrected chi connectivity index (χ4v) is 1.57. The summed E-state index contributed by atoms with van der Waals surface area (Å²) in [6, 6.07) is 0. The minimum absolute atomic E-state index is 0.366. The predicted octanol–water partition coefficient (Wildman–Crippen LogP) is 1.41. The smallest absolute Gasteiger partial charge is 0.230 e. The molecule has 1 fully saturated rings. The van der Waals surface area contributed by atoms with E-state index >= 15 is 0 Å². The number of hydrogen-bond donors (Lipinski definition) is 0. The van der Waals surface area contributed by atoms with Crippen molar-refractivity contribution in [3.05, 3.63) is 0 Å². The molecule has 0 aromatic rings. The number of hydrogen-bond acceptors (Lipinski definition) is 1. The van der Waals surface area contributed by atoms with Crippen LogP contribution in [-0.4, -0.2) is 37.2 Å². The Labute approximate surface area is 76.9 Å². The molecule has 4 heteroatoms. The van der Waals surface area contributed by atoms with Crippen LogP contribution in [0.1, 0.15) is 13.3 Å². The number of nitrogens with zero attached hydrogens (tertiary/aromatic N) is 1. The van der Waals surface area contributed by atoms with Gasteiger partial charge < -0.3 is 4.90 Å². The first-order valence-corrected chi connectivity index (χ1v) is 4.59. The zero-order valence-electron chi connectivity index (χ0n) is 7.80. The molecule has 0 aliphatic carbocycles. The van der Waals surface area contributed by atoms with Crippen LogP contribution in [0.25, 0.3) is 0 Å². The minimum Gasteiger partial charge on any atom is -0.342 e. The van der Waals surface area contributed by atoms with Crippen LogP contribution in [0.4, 0.5) is 8.78 Å². The Hall–Kier alpha value is -0.670. The van der Waals surface area contributed by atoms with Gasteiger partial charge in [-0.05, 0) is 12.3 Å².